The lowest BCUT2D eigenvalue weighted by molar-refractivity contribution is 0.276. The van der Waals surface area contributed by atoms with E-state index in [-0.39, 0.29) is 6.61 Å². The number of aryl methyl sites for hydroxylation is 1. The Morgan fingerprint density at radius 3 is 2.76 bits per heavy atom. The molecule has 1 N–H and O–H groups in total. The first kappa shape index (κ1) is 12.0. The quantitative estimate of drug-likeness (QED) is 0.946. The normalized spacial score (nSPS) is 10.3. The Kier molecular flexibility index (Phi) is 3.71. The number of aromatic nitrogens is 2. The molecule has 17 heavy (non-hydrogen) atoms. The van der Waals surface area contributed by atoms with E-state index < -0.39 is 0 Å². The van der Waals surface area contributed by atoms with E-state index in [0.29, 0.717) is 11.6 Å². The summed E-state index contributed by atoms with van der Waals surface area (Å²) in [5.41, 5.74) is 1.53. The van der Waals surface area contributed by atoms with Gasteiger partial charge in [-0.15, -0.1) is 0 Å². The van der Waals surface area contributed by atoms with Crippen LogP contribution in [0.2, 0.25) is 0 Å². The lowest BCUT2D eigenvalue weighted by Crippen LogP contribution is -1.94. The highest BCUT2D eigenvalue weighted by atomic mass is 79.9. The highest BCUT2D eigenvalue weighted by Gasteiger charge is 2.04. The average Bonchev–Trinajstić information content (AvgIpc) is 2.35. The number of aliphatic hydroxyl groups excluding tert-OH is 1. The molecule has 0 bridgehead atoms. The average molecular weight is 295 g/mol. The third-order valence-electron chi connectivity index (χ3n) is 2.21. The molecule has 1 aromatic heterocycles. The van der Waals surface area contributed by atoms with E-state index in [0.717, 1.165) is 15.8 Å². The van der Waals surface area contributed by atoms with Gasteiger partial charge in [-0.2, -0.15) is 0 Å². The van der Waals surface area contributed by atoms with Crippen molar-refractivity contribution < 1.29 is 9.84 Å². The molecule has 0 aliphatic rings. The van der Waals surface area contributed by atoms with Crippen LogP contribution < -0.4 is 4.74 Å². The molecule has 0 radical (unpaired) electrons. The molecule has 4 nitrogen and oxygen atoms in total. The van der Waals surface area contributed by atoms with Crippen molar-refractivity contribution in [2.75, 3.05) is 0 Å². The standard InChI is InChI=1S/C12H11BrN2O2/c1-8-2-3-9(13)4-11(8)17-12-6-14-10(7-16)5-15-12/h2-6,16H,7H2,1H3. The molecule has 0 saturated heterocycles. The van der Waals surface area contributed by atoms with Crippen LogP contribution in [0.1, 0.15) is 11.3 Å². The third-order valence-corrected chi connectivity index (χ3v) is 2.70. The molecule has 0 atom stereocenters. The second-order valence-electron chi connectivity index (χ2n) is 3.52. The molecule has 0 aliphatic carbocycles. The van der Waals surface area contributed by atoms with E-state index in [2.05, 4.69) is 25.9 Å². The van der Waals surface area contributed by atoms with Gasteiger partial charge in [0.05, 0.1) is 24.7 Å². The fraction of sp³-hybridized carbons (Fsp3) is 0.167. The fourth-order valence-electron chi connectivity index (χ4n) is 1.27. The van der Waals surface area contributed by atoms with Gasteiger partial charge in [0.1, 0.15) is 5.75 Å². The summed E-state index contributed by atoms with van der Waals surface area (Å²) < 4.78 is 6.55. The van der Waals surface area contributed by atoms with Crippen molar-refractivity contribution >= 4 is 15.9 Å². The van der Waals surface area contributed by atoms with Crippen LogP contribution in [0.3, 0.4) is 0 Å². The first-order valence-corrected chi connectivity index (χ1v) is 5.84. The second kappa shape index (κ2) is 5.25. The molecule has 5 heteroatoms. The first-order chi connectivity index (χ1) is 8.19. The Bertz CT molecular complexity index is 514. The molecular formula is C12H11BrN2O2. The molecule has 2 rings (SSSR count). The maximum Gasteiger partial charge on any atom is 0.237 e. The predicted octanol–water partition coefficient (Wildman–Crippen LogP) is 2.83. The molecule has 0 fully saturated rings. The van der Waals surface area contributed by atoms with Gasteiger partial charge in [-0.05, 0) is 24.6 Å². The molecule has 0 aliphatic heterocycles. The molecule has 2 aromatic rings. The summed E-state index contributed by atoms with van der Waals surface area (Å²) in [6.45, 7) is 1.83. The van der Waals surface area contributed by atoms with Gasteiger partial charge in [0.15, 0.2) is 0 Å². The van der Waals surface area contributed by atoms with Crippen LogP contribution in [-0.4, -0.2) is 15.1 Å². The van der Waals surface area contributed by atoms with Crippen molar-refractivity contribution in [1.82, 2.24) is 9.97 Å². The third kappa shape index (κ3) is 3.01. The molecular weight excluding hydrogens is 284 g/mol. The highest BCUT2D eigenvalue weighted by Crippen LogP contribution is 2.26. The van der Waals surface area contributed by atoms with Crippen LogP contribution in [0.15, 0.2) is 35.1 Å². The van der Waals surface area contributed by atoms with Crippen molar-refractivity contribution in [3.63, 3.8) is 0 Å². The Morgan fingerprint density at radius 2 is 2.12 bits per heavy atom. The molecule has 1 heterocycles. The van der Waals surface area contributed by atoms with Gasteiger partial charge in [-0.3, -0.25) is 4.98 Å². The number of ether oxygens (including phenoxy) is 1. The fourth-order valence-corrected chi connectivity index (χ4v) is 1.61. The Labute approximate surface area is 107 Å². The largest absolute Gasteiger partial charge is 0.437 e. The number of aliphatic hydroxyl groups is 1. The summed E-state index contributed by atoms with van der Waals surface area (Å²) in [5, 5.41) is 8.85. The van der Waals surface area contributed by atoms with E-state index in [1.807, 2.05) is 25.1 Å². The number of halogens is 1. The monoisotopic (exact) mass is 294 g/mol. The van der Waals surface area contributed by atoms with Gasteiger partial charge >= 0.3 is 0 Å². The van der Waals surface area contributed by atoms with Crippen LogP contribution in [-0.2, 0) is 6.61 Å². The minimum absolute atomic E-state index is 0.122. The highest BCUT2D eigenvalue weighted by molar-refractivity contribution is 9.10. The van der Waals surface area contributed by atoms with Crippen molar-refractivity contribution in [2.24, 2.45) is 0 Å². The van der Waals surface area contributed by atoms with Gasteiger partial charge in [-0.25, -0.2) is 4.98 Å². The summed E-state index contributed by atoms with van der Waals surface area (Å²) >= 11 is 3.38. The zero-order valence-corrected chi connectivity index (χ0v) is 10.8. The van der Waals surface area contributed by atoms with Crippen LogP contribution in [0, 0.1) is 6.92 Å². The summed E-state index contributed by atoms with van der Waals surface area (Å²) in [5.74, 6) is 1.13. The molecule has 0 saturated carbocycles. The zero-order valence-electron chi connectivity index (χ0n) is 9.22. The van der Waals surface area contributed by atoms with E-state index in [1.54, 1.807) is 0 Å². The topological polar surface area (TPSA) is 55.2 Å². The van der Waals surface area contributed by atoms with Gasteiger partial charge in [-0.1, -0.05) is 22.0 Å². The Morgan fingerprint density at radius 1 is 1.29 bits per heavy atom. The zero-order chi connectivity index (χ0) is 12.3. The van der Waals surface area contributed by atoms with Crippen molar-refractivity contribution in [2.45, 2.75) is 13.5 Å². The number of hydrogen-bond donors (Lipinski definition) is 1. The number of hydrogen-bond acceptors (Lipinski definition) is 4. The second-order valence-corrected chi connectivity index (χ2v) is 4.43. The van der Waals surface area contributed by atoms with Crippen LogP contribution >= 0.6 is 15.9 Å². The predicted molar refractivity (Wildman–Crippen MR) is 66.9 cm³/mol. The van der Waals surface area contributed by atoms with Gasteiger partial charge in [0.25, 0.3) is 0 Å². The SMILES string of the molecule is Cc1ccc(Br)cc1Oc1cnc(CO)cn1. The van der Waals surface area contributed by atoms with Crippen LogP contribution in [0.5, 0.6) is 11.6 Å². The van der Waals surface area contributed by atoms with Crippen molar-refractivity contribution in [1.29, 1.82) is 0 Å². The van der Waals surface area contributed by atoms with Crippen LogP contribution in [0.25, 0.3) is 0 Å². The summed E-state index contributed by atoms with van der Waals surface area (Å²) in [4.78, 5) is 8.05. The molecule has 1 aromatic carbocycles. The Hall–Kier alpha value is -1.46. The van der Waals surface area contributed by atoms with Crippen molar-refractivity contribution in [3.8, 4) is 11.6 Å². The minimum atomic E-state index is -0.122. The lowest BCUT2D eigenvalue weighted by Gasteiger charge is -2.07. The van der Waals surface area contributed by atoms with Crippen LogP contribution in [0.4, 0.5) is 0 Å². The maximum atomic E-state index is 8.85. The number of benzene rings is 1. The van der Waals surface area contributed by atoms with Gasteiger partial charge in [0, 0.05) is 4.47 Å². The molecule has 0 amide bonds. The lowest BCUT2D eigenvalue weighted by atomic mass is 10.2. The minimum Gasteiger partial charge on any atom is -0.437 e. The van der Waals surface area contributed by atoms with E-state index in [9.17, 15) is 0 Å². The summed E-state index contributed by atoms with van der Waals surface area (Å²) in [7, 11) is 0. The number of nitrogens with zero attached hydrogens (tertiary/aromatic N) is 2. The Balaban J connectivity index is 2.22. The van der Waals surface area contributed by atoms with E-state index >= 15 is 0 Å². The number of rotatable bonds is 3. The van der Waals surface area contributed by atoms with E-state index in [4.69, 9.17) is 9.84 Å². The molecule has 88 valence electrons. The van der Waals surface area contributed by atoms with Gasteiger partial charge in [0.2, 0.25) is 5.88 Å². The molecule has 0 spiro atoms. The first-order valence-electron chi connectivity index (χ1n) is 5.05. The van der Waals surface area contributed by atoms with Gasteiger partial charge < -0.3 is 9.84 Å². The maximum absolute atomic E-state index is 8.85. The van der Waals surface area contributed by atoms with Crippen molar-refractivity contribution in [3.05, 3.63) is 46.3 Å². The summed E-state index contributed by atoms with van der Waals surface area (Å²) in [6.07, 6.45) is 2.98. The summed E-state index contributed by atoms with van der Waals surface area (Å²) in [6, 6.07) is 5.77. The smallest absolute Gasteiger partial charge is 0.237 e. The van der Waals surface area contributed by atoms with E-state index in [1.165, 1.54) is 12.4 Å². The molecule has 0 unspecified atom stereocenters.